The topological polar surface area (TPSA) is 115 Å². The Morgan fingerprint density at radius 2 is 1.79 bits per heavy atom. The molecule has 2 unspecified atom stereocenters. The van der Waals surface area contributed by atoms with Gasteiger partial charge in [-0.2, -0.15) is 0 Å². The first-order valence-corrected chi connectivity index (χ1v) is 10.7. The van der Waals surface area contributed by atoms with E-state index in [4.69, 9.17) is 10.5 Å². The van der Waals surface area contributed by atoms with Crippen molar-refractivity contribution in [1.82, 2.24) is 14.9 Å². The normalized spacial score (nSPS) is 21.9. The summed E-state index contributed by atoms with van der Waals surface area (Å²) >= 11 is 0. The highest BCUT2D eigenvalue weighted by molar-refractivity contribution is 6.07. The molecule has 0 radical (unpaired) electrons. The molecule has 1 fully saturated rings. The van der Waals surface area contributed by atoms with Gasteiger partial charge in [-0.15, -0.1) is 0 Å². The minimum atomic E-state index is -0.872. The van der Waals surface area contributed by atoms with Gasteiger partial charge in [-0.05, 0) is 11.1 Å². The Kier molecular flexibility index (Phi) is 5.12. The second-order valence-corrected chi connectivity index (χ2v) is 8.33. The van der Waals surface area contributed by atoms with Gasteiger partial charge in [0.2, 0.25) is 5.78 Å². The van der Waals surface area contributed by atoms with Crippen molar-refractivity contribution < 1.29 is 19.1 Å². The van der Waals surface area contributed by atoms with Crippen LogP contribution in [0, 0.1) is 0 Å². The van der Waals surface area contributed by atoms with Gasteiger partial charge in [-0.1, -0.05) is 54.6 Å². The maximum atomic E-state index is 12.7. The number of nitrogens with two attached hydrogens (primary N) is 1. The Balaban J connectivity index is 1.49. The molecule has 166 valence electrons. The number of rotatable bonds is 3. The Morgan fingerprint density at radius 3 is 2.52 bits per heavy atom. The van der Waals surface area contributed by atoms with E-state index < -0.39 is 17.7 Å². The van der Waals surface area contributed by atoms with Crippen molar-refractivity contribution in [2.45, 2.75) is 30.9 Å². The van der Waals surface area contributed by atoms with E-state index >= 15 is 0 Å². The molecule has 2 aliphatic rings. The molecule has 5 rings (SSSR count). The number of benzene rings is 2. The summed E-state index contributed by atoms with van der Waals surface area (Å²) in [4.78, 5) is 47.6. The minimum absolute atomic E-state index is 0.204. The summed E-state index contributed by atoms with van der Waals surface area (Å²) in [5.74, 6) is -0.536. The molecular formula is C25H22N4O4. The molecule has 1 saturated heterocycles. The number of esters is 1. The molecule has 2 atom stereocenters. The van der Waals surface area contributed by atoms with E-state index in [-0.39, 0.29) is 23.9 Å². The zero-order chi connectivity index (χ0) is 23.0. The number of carbonyl (C=O) groups excluding carboxylic acids is 3. The first-order valence-electron chi connectivity index (χ1n) is 10.7. The number of fused-ring (bicyclic) bond motifs is 2. The van der Waals surface area contributed by atoms with Crippen molar-refractivity contribution in [2.75, 3.05) is 6.54 Å². The van der Waals surface area contributed by atoms with Crippen LogP contribution in [0.2, 0.25) is 0 Å². The lowest BCUT2D eigenvalue weighted by Gasteiger charge is -2.47. The van der Waals surface area contributed by atoms with Crippen LogP contribution >= 0.6 is 0 Å². The molecule has 33 heavy (non-hydrogen) atoms. The number of ether oxygens (including phenoxy) is 1. The van der Waals surface area contributed by atoms with E-state index in [1.807, 2.05) is 30.3 Å². The van der Waals surface area contributed by atoms with E-state index in [1.165, 1.54) is 17.3 Å². The van der Waals surface area contributed by atoms with E-state index in [0.29, 0.717) is 30.6 Å². The van der Waals surface area contributed by atoms with Crippen LogP contribution in [0.25, 0.3) is 0 Å². The van der Waals surface area contributed by atoms with Crippen LogP contribution < -0.4 is 5.73 Å². The van der Waals surface area contributed by atoms with Gasteiger partial charge in [0.1, 0.15) is 11.3 Å². The Hall–Kier alpha value is -4.07. The van der Waals surface area contributed by atoms with Gasteiger partial charge in [0.25, 0.3) is 0 Å². The summed E-state index contributed by atoms with van der Waals surface area (Å²) < 4.78 is 5.92. The predicted octanol–water partition coefficient (Wildman–Crippen LogP) is 2.92. The fourth-order valence-electron chi connectivity index (χ4n) is 4.79. The standard InChI is InChI=1S/C25H22N4O4/c26-24(32)29-11-10-25(18-9-5-4-8-17(18)12-22(30)33-25)13-21(29)19-14-28-20(15-27-19)23(31)16-6-2-1-3-7-16/h1-9,14-15,21H,10-13H2,(H2,26,32). The Labute approximate surface area is 190 Å². The number of aromatic nitrogens is 2. The number of hydrogen-bond donors (Lipinski definition) is 1. The number of piperidine rings is 1. The van der Waals surface area contributed by atoms with Gasteiger partial charge >= 0.3 is 12.0 Å². The van der Waals surface area contributed by atoms with Crippen LogP contribution in [0.5, 0.6) is 0 Å². The first-order chi connectivity index (χ1) is 16.0. The SMILES string of the molecule is NC(=O)N1CCC2(CC1c1cnc(C(=O)c3ccccc3)cn1)OC(=O)Cc1ccccc12. The van der Waals surface area contributed by atoms with Crippen LogP contribution in [-0.2, 0) is 21.6 Å². The molecule has 2 amide bonds. The number of hydrogen-bond acceptors (Lipinski definition) is 6. The maximum absolute atomic E-state index is 12.7. The molecule has 2 N–H and O–H groups in total. The fourth-order valence-corrected chi connectivity index (χ4v) is 4.79. The Bertz CT molecular complexity index is 1230. The van der Waals surface area contributed by atoms with Crippen molar-refractivity contribution >= 4 is 17.8 Å². The third kappa shape index (κ3) is 3.73. The Morgan fingerprint density at radius 1 is 1.03 bits per heavy atom. The molecule has 3 aromatic rings. The van der Waals surface area contributed by atoms with Crippen molar-refractivity contribution in [3.05, 3.63) is 95.1 Å². The third-order valence-corrected chi connectivity index (χ3v) is 6.37. The van der Waals surface area contributed by atoms with Gasteiger partial charge in [-0.25, -0.2) is 9.78 Å². The van der Waals surface area contributed by atoms with Crippen LogP contribution in [0.15, 0.2) is 67.0 Å². The average Bonchev–Trinajstić information content (AvgIpc) is 2.84. The zero-order valence-electron chi connectivity index (χ0n) is 17.8. The van der Waals surface area contributed by atoms with Gasteiger partial charge in [0.05, 0.1) is 30.6 Å². The minimum Gasteiger partial charge on any atom is -0.454 e. The smallest absolute Gasteiger partial charge is 0.315 e. The summed E-state index contributed by atoms with van der Waals surface area (Å²) in [5, 5.41) is 0. The molecule has 3 heterocycles. The van der Waals surface area contributed by atoms with E-state index in [9.17, 15) is 14.4 Å². The van der Waals surface area contributed by atoms with E-state index in [2.05, 4.69) is 9.97 Å². The molecule has 0 bridgehead atoms. The molecule has 1 spiro atoms. The molecule has 2 aromatic carbocycles. The molecule has 1 aromatic heterocycles. The molecule has 0 aliphatic carbocycles. The van der Waals surface area contributed by atoms with Gasteiger partial charge < -0.3 is 15.4 Å². The number of primary amides is 1. The zero-order valence-corrected chi connectivity index (χ0v) is 17.8. The number of likely N-dealkylation sites (tertiary alicyclic amines) is 1. The molecule has 2 aliphatic heterocycles. The van der Waals surface area contributed by atoms with E-state index in [0.717, 1.165) is 11.1 Å². The number of carbonyl (C=O) groups is 3. The molecule has 8 nitrogen and oxygen atoms in total. The van der Waals surface area contributed by atoms with E-state index in [1.54, 1.807) is 24.3 Å². The average molecular weight is 442 g/mol. The van der Waals surface area contributed by atoms with Crippen LogP contribution in [-0.4, -0.2) is 39.2 Å². The quantitative estimate of drug-likeness (QED) is 0.493. The second-order valence-electron chi connectivity index (χ2n) is 8.33. The predicted molar refractivity (Wildman–Crippen MR) is 118 cm³/mol. The third-order valence-electron chi connectivity index (χ3n) is 6.37. The number of ketones is 1. The van der Waals surface area contributed by atoms with Crippen molar-refractivity contribution in [3.63, 3.8) is 0 Å². The monoisotopic (exact) mass is 442 g/mol. The molecular weight excluding hydrogens is 420 g/mol. The van der Waals surface area contributed by atoms with Gasteiger partial charge in [0, 0.05) is 24.9 Å². The molecule has 8 heteroatoms. The highest BCUT2D eigenvalue weighted by Gasteiger charge is 2.49. The first kappa shape index (κ1) is 20.8. The largest absolute Gasteiger partial charge is 0.454 e. The molecule has 0 saturated carbocycles. The highest BCUT2D eigenvalue weighted by Crippen LogP contribution is 2.47. The lowest BCUT2D eigenvalue weighted by atomic mass is 9.76. The van der Waals surface area contributed by atoms with Crippen LogP contribution in [0.4, 0.5) is 4.79 Å². The second kappa shape index (κ2) is 8.12. The summed E-state index contributed by atoms with van der Waals surface area (Å²) in [6.07, 6.45) is 3.86. The number of nitrogens with zero attached hydrogens (tertiary/aromatic N) is 3. The highest BCUT2D eigenvalue weighted by atomic mass is 16.6. The van der Waals surface area contributed by atoms with Gasteiger partial charge in [-0.3, -0.25) is 14.6 Å². The van der Waals surface area contributed by atoms with Crippen molar-refractivity contribution in [3.8, 4) is 0 Å². The number of amides is 2. The van der Waals surface area contributed by atoms with Crippen LogP contribution in [0.1, 0.15) is 51.8 Å². The van der Waals surface area contributed by atoms with Crippen molar-refractivity contribution in [1.29, 1.82) is 0 Å². The summed E-state index contributed by atoms with van der Waals surface area (Å²) in [7, 11) is 0. The summed E-state index contributed by atoms with van der Waals surface area (Å²) in [5.41, 5.74) is 7.87. The lowest BCUT2D eigenvalue weighted by Crippen LogP contribution is -2.52. The number of urea groups is 1. The van der Waals surface area contributed by atoms with Crippen LogP contribution in [0.3, 0.4) is 0 Å². The van der Waals surface area contributed by atoms with Crippen molar-refractivity contribution in [2.24, 2.45) is 5.73 Å². The maximum Gasteiger partial charge on any atom is 0.315 e. The van der Waals surface area contributed by atoms with Gasteiger partial charge in [0.15, 0.2) is 0 Å². The summed E-state index contributed by atoms with van der Waals surface area (Å²) in [6.45, 7) is 0.300. The fraction of sp³-hybridized carbons (Fsp3) is 0.240. The summed E-state index contributed by atoms with van der Waals surface area (Å²) in [6, 6.07) is 15.4. The lowest BCUT2D eigenvalue weighted by molar-refractivity contribution is -0.171.